The van der Waals surface area contributed by atoms with Crippen molar-refractivity contribution in [1.29, 1.82) is 0 Å². The van der Waals surface area contributed by atoms with E-state index in [9.17, 15) is 13.2 Å². The minimum atomic E-state index is -4.53. The average molecular weight is 392 g/mol. The highest BCUT2D eigenvalue weighted by Crippen LogP contribution is 2.34. The Morgan fingerprint density at radius 3 is 2.86 bits per heavy atom. The molecule has 4 rings (SSSR count). The highest BCUT2D eigenvalue weighted by Gasteiger charge is 2.35. The van der Waals surface area contributed by atoms with Gasteiger partial charge in [0.15, 0.2) is 0 Å². The van der Waals surface area contributed by atoms with Crippen molar-refractivity contribution in [1.82, 2.24) is 29.3 Å². The average Bonchev–Trinajstić information content (AvgIpc) is 3.31. The molecule has 0 fully saturated rings. The van der Waals surface area contributed by atoms with Crippen LogP contribution in [0.1, 0.15) is 36.5 Å². The molecule has 28 heavy (non-hydrogen) atoms. The third-order valence-electron chi connectivity index (χ3n) is 4.61. The summed E-state index contributed by atoms with van der Waals surface area (Å²) in [5.74, 6) is 0.754. The SMILES string of the molecule is CCNc1nc(Nc2cn([C@@H]3CCn4ccnc43)nc2C)ncc1C(F)(F)F. The second-order valence-electron chi connectivity index (χ2n) is 6.50. The topological polar surface area (TPSA) is 85.5 Å². The summed E-state index contributed by atoms with van der Waals surface area (Å²) in [6.45, 7) is 4.70. The quantitative estimate of drug-likeness (QED) is 0.693. The lowest BCUT2D eigenvalue weighted by molar-refractivity contribution is -0.137. The zero-order chi connectivity index (χ0) is 19.9. The first-order chi connectivity index (χ1) is 13.4. The van der Waals surface area contributed by atoms with E-state index in [1.165, 1.54) is 0 Å². The number of alkyl halides is 3. The van der Waals surface area contributed by atoms with Crippen molar-refractivity contribution in [3.05, 3.63) is 41.9 Å². The molecule has 0 spiro atoms. The van der Waals surface area contributed by atoms with Crippen molar-refractivity contribution in [2.75, 3.05) is 17.2 Å². The molecule has 4 heterocycles. The van der Waals surface area contributed by atoms with Crippen molar-refractivity contribution in [2.24, 2.45) is 0 Å². The third-order valence-corrected chi connectivity index (χ3v) is 4.61. The third kappa shape index (κ3) is 3.27. The number of nitrogens with zero attached hydrogens (tertiary/aromatic N) is 6. The fourth-order valence-corrected chi connectivity index (χ4v) is 3.28. The zero-order valence-electron chi connectivity index (χ0n) is 15.3. The zero-order valence-corrected chi connectivity index (χ0v) is 15.3. The van der Waals surface area contributed by atoms with Crippen molar-refractivity contribution >= 4 is 17.5 Å². The Morgan fingerprint density at radius 1 is 1.29 bits per heavy atom. The van der Waals surface area contributed by atoms with E-state index in [1.54, 1.807) is 19.3 Å². The van der Waals surface area contributed by atoms with Gasteiger partial charge in [-0.25, -0.2) is 9.97 Å². The van der Waals surface area contributed by atoms with Gasteiger partial charge in [0.2, 0.25) is 5.95 Å². The molecule has 0 unspecified atom stereocenters. The molecular weight excluding hydrogens is 373 g/mol. The van der Waals surface area contributed by atoms with Crippen molar-refractivity contribution in [3.63, 3.8) is 0 Å². The lowest BCUT2D eigenvalue weighted by Crippen LogP contribution is -2.14. The van der Waals surface area contributed by atoms with E-state index in [0.717, 1.165) is 25.0 Å². The van der Waals surface area contributed by atoms with Crippen LogP contribution < -0.4 is 10.6 Å². The monoisotopic (exact) mass is 392 g/mol. The van der Waals surface area contributed by atoms with Crippen LogP contribution in [0.15, 0.2) is 24.8 Å². The number of anilines is 3. The predicted octanol–water partition coefficient (Wildman–Crippen LogP) is 3.37. The van der Waals surface area contributed by atoms with E-state index in [2.05, 4.69) is 35.3 Å². The summed E-state index contributed by atoms with van der Waals surface area (Å²) in [7, 11) is 0. The number of fused-ring (bicyclic) bond motifs is 1. The maximum atomic E-state index is 13.1. The van der Waals surface area contributed by atoms with Gasteiger partial charge in [0, 0.05) is 37.9 Å². The highest BCUT2D eigenvalue weighted by atomic mass is 19.4. The van der Waals surface area contributed by atoms with Crippen LogP contribution in [0.4, 0.5) is 30.6 Å². The van der Waals surface area contributed by atoms with Gasteiger partial charge >= 0.3 is 6.18 Å². The minimum Gasteiger partial charge on any atom is -0.370 e. The summed E-state index contributed by atoms with van der Waals surface area (Å²) in [5, 5.41) is 10.1. The number of rotatable bonds is 5. The summed E-state index contributed by atoms with van der Waals surface area (Å²) in [4.78, 5) is 12.2. The van der Waals surface area contributed by atoms with Gasteiger partial charge in [-0.3, -0.25) is 4.68 Å². The Hall–Kier alpha value is -3.11. The van der Waals surface area contributed by atoms with Gasteiger partial charge in [-0.05, 0) is 20.3 Å². The molecule has 1 aliphatic heterocycles. The second-order valence-corrected chi connectivity index (χ2v) is 6.50. The summed E-state index contributed by atoms with van der Waals surface area (Å²) < 4.78 is 43.2. The molecule has 11 heteroatoms. The molecule has 0 aromatic carbocycles. The Balaban J connectivity index is 1.60. The van der Waals surface area contributed by atoms with Crippen LogP contribution in [0.3, 0.4) is 0 Å². The number of halogens is 3. The number of hydrogen-bond donors (Lipinski definition) is 2. The van der Waals surface area contributed by atoms with E-state index < -0.39 is 11.7 Å². The smallest absolute Gasteiger partial charge is 0.370 e. The summed E-state index contributed by atoms with van der Waals surface area (Å²) in [5.41, 5.74) is 0.427. The Bertz CT molecular complexity index is 991. The summed E-state index contributed by atoms with van der Waals surface area (Å²) in [6.07, 6.45) is 2.63. The van der Waals surface area contributed by atoms with E-state index in [0.29, 0.717) is 17.9 Å². The van der Waals surface area contributed by atoms with E-state index in [1.807, 2.05) is 17.8 Å². The Labute approximate surface area is 158 Å². The molecular formula is C17H19F3N8. The highest BCUT2D eigenvalue weighted by molar-refractivity contribution is 5.58. The lowest BCUT2D eigenvalue weighted by atomic mass is 10.2. The van der Waals surface area contributed by atoms with Crippen LogP contribution in [-0.2, 0) is 12.7 Å². The molecule has 0 saturated carbocycles. The fourth-order valence-electron chi connectivity index (χ4n) is 3.28. The largest absolute Gasteiger partial charge is 0.421 e. The summed E-state index contributed by atoms with van der Waals surface area (Å²) >= 11 is 0. The molecule has 148 valence electrons. The number of aromatic nitrogens is 6. The fraction of sp³-hybridized carbons (Fsp3) is 0.412. The van der Waals surface area contributed by atoms with E-state index in [4.69, 9.17) is 0 Å². The standard InChI is InChI=1S/C17H19F3N8/c1-3-21-14-11(17(18,19)20)8-23-16(25-14)24-12-9-28(26-10(12)2)13-4-6-27-7-5-22-15(13)27/h5,7-9,13H,3-4,6H2,1-2H3,(H2,21,23,24,25)/t13-/m1/s1. The first kappa shape index (κ1) is 18.3. The second kappa shape index (κ2) is 6.80. The minimum absolute atomic E-state index is 0.0232. The molecule has 3 aromatic rings. The van der Waals surface area contributed by atoms with Gasteiger partial charge in [0.1, 0.15) is 23.2 Å². The number of aryl methyl sites for hydroxylation is 2. The molecule has 0 saturated heterocycles. The number of nitrogens with one attached hydrogen (secondary N) is 2. The molecule has 1 aliphatic rings. The predicted molar refractivity (Wildman–Crippen MR) is 96.4 cm³/mol. The molecule has 0 aliphatic carbocycles. The maximum absolute atomic E-state index is 13.1. The van der Waals surface area contributed by atoms with Crippen LogP contribution in [0.25, 0.3) is 0 Å². The Kier molecular flexibility index (Phi) is 4.44. The van der Waals surface area contributed by atoms with Gasteiger partial charge < -0.3 is 15.2 Å². The van der Waals surface area contributed by atoms with Gasteiger partial charge in [0.05, 0.1) is 11.4 Å². The molecule has 0 bridgehead atoms. The number of imidazole rings is 1. The van der Waals surface area contributed by atoms with E-state index >= 15 is 0 Å². The van der Waals surface area contributed by atoms with Gasteiger partial charge in [-0.1, -0.05) is 0 Å². The Morgan fingerprint density at radius 2 is 2.11 bits per heavy atom. The van der Waals surface area contributed by atoms with Crippen molar-refractivity contribution in [3.8, 4) is 0 Å². The summed E-state index contributed by atoms with van der Waals surface area (Å²) in [6, 6.07) is 0.0232. The van der Waals surface area contributed by atoms with Crippen LogP contribution in [0, 0.1) is 6.92 Å². The maximum Gasteiger partial charge on any atom is 0.421 e. The number of hydrogen-bond acceptors (Lipinski definition) is 6. The molecule has 1 atom stereocenters. The lowest BCUT2D eigenvalue weighted by Gasteiger charge is -2.13. The van der Waals surface area contributed by atoms with Gasteiger partial charge in [-0.15, -0.1) is 0 Å². The van der Waals surface area contributed by atoms with E-state index in [-0.39, 0.29) is 17.8 Å². The van der Waals surface area contributed by atoms with Crippen molar-refractivity contribution in [2.45, 2.75) is 39.0 Å². The normalized spacial score (nSPS) is 16.2. The van der Waals surface area contributed by atoms with Crippen LogP contribution >= 0.6 is 0 Å². The molecule has 2 N–H and O–H groups in total. The first-order valence-corrected chi connectivity index (χ1v) is 8.88. The molecule has 8 nitrogen and oxygen atoms in total. The van der Waals surface area contributed by atoms with Crippen LogP contribution in [0.5, 0.6) is 0 Å². The molecule has 0 amide bonds. The molecule has 3 aromatic heterocycles. The van der Waals surface area contributed by atoms with Crippen LogP contribution in [0.2, 0.25) is 0 Å². The van der Waals surface area contributed by atoms with Gasteiger partial charge in [0.25, 0.3) is 0 Å². The van der Waals surface area contributed by atoms with Crippen LogP contribution in [-0.4, -0.2) is 35.8 Å². The first-order valence-electron chi connectivity index (χ1n) is 8.88. The van der Waals surface area contributed by atoms with Crippen molar-refractivity contribution < 1.29 is 13.2 Å². The molecule has 0 radical (unpaired) electrons. The van der Waals surface area contributed by atoms with Gasteiger partial charge in [-0.2, -0.15) is 23.3 Å².